The van der Waals surface area contributed by atoms with Crippen molar-refractivity contribution < 1.29 is 14.7 Å². The smallest absolute Gasteiger partial charge is 0.311 e. The lowest BCUT2D eigenvalue weighted by atomic mass is 9.71. The van der Waals surface area contributed by atoms with Gasteiger partial charge in [-0.25, -0.2) is 0 Å². The van der Waals surface area contributed by atoms with E-state index < -0.39 is 11.4 Å². The van der Waals surface area contributed by atoms with Gasteiger partial charge in [0.25, 0.3) is 5.91 Å². The Morgan fingerprint density at radius 3 is 2.67 bits per heavy atom. The summed E-state index contributed by atoms with van der Waals surface area (Å²) in [6.07, 6.45) is 3.19. The summed E-state index contributed by atoms with van der Waals surface area (Å²) >= 11 is 0. The van der Waals surface area contributed by atoms with Crippen molar-refractivity contribution in [2.24, 2.45) is 5.41 Å². The van der Waals surface area contributed by atoms with E-state index in [1.807, 2.05) is 26.0 Å². The van der Waals surface area contributed by atoms with Crippen molar-refractivity contribution in [1.82, 2.24) is 5.32 Å². The van der Waals surface area contributed by atoms with Crippen LogP contribution in [0, 0.1) is 19.3 Å². The first-order valence-electron chi connectivity index (χ1n) is 7.47. The molecule has 2 rings (SSSR count). The number of aryl methyl sites for hydroxylation is 1. The van der Waals surface area contributed by atoms with Crippen molar-refractivity contribution in [3.8, 4) is 0 Å². The molecule has 114 valence electrons. The van der Waals surface area contributed by atoms with E-state index in [0.717, 1.165) is 30.4 Å². The van der Waals surface area contributed by atoms with Gasteiger partial charge in [-0.05, 0) is 50.8 Å². The Bertz CT molecular complexity index is 567. The number of aliphatic carboxylic acids is 1. The first-order valence-corrected chi connectivity index (χ1v) is 7.47. The summed E-state index contributed by atoms with van der Waals surface area (Å²) in [7, 11) is 0. The van der Waals surface area contributed by atoms with Gasteiger partial charge in [0.1, 0.15) is 0 Å². The van der Waals surface area contributed by atoms with Gasteiger partial charge in [0.05, 0.1) is 5.41 Å². The average Bonchev–Trinajstić information content (AvgIpc) is 2.44. The van der Waals surface area contributed by atoms with Gasteiger partial charge in [-0.1, -0.05) is 25.0 Å². The van der Waals surface area contributed by atoms with Gasteiger partial charge in [-0.2, -0.15) is 0 Å². The molecule has 1 aromatic carbocycles. The summed E-state index contributed by atoms with van der Waals surface area (Å²) in [5.41, 5.74) is 1.77. The Hall–Kier alpha value is -1.84. The predicted molar refractivity (Wildman–Crippen MR) is 81.4 cm³/mol. The molecule has 1 fully saturated rings. The normalized spacial score (nSPS) is 25.4. The highest BCUT2D eigenvalue weighted by atomic mass is 16.4. The highest BCUT2D eigenvalue weighted by Crippen LogP contribution is 2.36. The second-order valence-corrected chi connectivity index (χ2v) is 6.24. The van der Waals surface area contributed by atoms with Crippen LogP contribution in [0.5, 0.6) is 0 Å². The number of hydrogen-bond acceptors (Lipinski definition) is 2. The van der Waals surface area contributed by atoms with Crippen molar-refractivity contribution in [2.75, 3.05) is 0 Å². The zero-order chi connectivity index (χ0) is 15.6. The number of carboxylic acid groups (broad SMARTS) is 1. The van der Waals surface area contributed by atoms with Gasteiger partial charge in [0.2, 0.25) is 0 Å². The topological polar surface area (TPSA) is 66.4 Å². The van der Waals surface area contributed by atoms with E-state index in [4.69, 9.17) is 0 Å². The number of rotatable bonds is 3. The van der Waals surface area contributed by atoms with E-state index in [0.29, 0.717) is 12.0 Å². The van der Waals surface area contributed by atoms with Crippen LogP contribution in [0.4, 0.5) is 0 Å². The molecule has 0 heterocycles. The zero-order valence-electron chi connectivity index (χ0n) is 12.9. The van der Waals surface area contributed by atoms with E-state index >= 15 is 0 Å². The molecule has 0 radical (unpaired) electrons. The second-order valence-electron chi connectivity index (χ2n) is 6.24. The van der Waals surface area contributed by atoms with Crippen LogP contribution in [0.25, 0.3) is 0 Å². The van der Waals surface area contributed by atoms with E-state index in [1.165, 1.54) is 0 Å². The fourth-order valence-corrected chi connectivity index (χ4v) is 3.05. The number of amides is 1. The molecular formula is C17H23NO3. The molecule has 1 aromatic rings. The maximum atomic E-state index is 12.5. The van der Waals surface area contributed by atoms with Crippen molar-refractivity contribution in [2.45, 2.75) is 52.5 Å². The maximum Gasteiger partial charge on any atom is 0.311 e. The monoisotopic (exact) mass is 289 g/mol. The minimum atomic E-state index is -0.869. The SMILES string of the molecule is Cc1cccc(C(=O)NC2CCCCC2(C)C(=O)O)c1C. The number of hydrogen-bond donors (Lipinski definition) is 2. The molecule has 2 atom stereocenters. The molecule has 4 nitrogen and oxygen atoms in total. The fraction of sp³-hybridized carbons (Fsp3) is 0.529. The number of carbonyl (C=O) groups is 2. The van der Waals surface area contributed by atoms with Crippen LogP contribution in [0.2, 0.25) is 0 Å². The lowest BCUT2D eigenvalue weighted by Gasteiger charge is -2.38. The van der Waals surface area contributed by atoms with Gasteiger partial charge in [0, 0.05) is 11.6 Å². The number of carbonyl (C=O) groups excluding carboxylic acids is 1. The third kappa shape index (κ3) is 2.94. The standard InChI is InChI=1S/C17H23NO3/c1-11-7-6-8-13(12(11)2)15(19)18-14-9-4-5-10-17(14,3)16(20)21/h6-8,14H,4-5,9-10H2,1-3H3,(H,18,19)(H,20,21). The summed E-state index contributed by atoms with van der Waals surface area (Å²) in [6, 6.07) is 5.30. The fourth-order valence-electron chi connectivity index (χ4n) is 3.05. The minimum Gasteiger partial charge on any atom is -0.481 e. The summed E-state index contributed by atoms with van der Waals surface area (Å²) in [5.74, 6) is -0.996. The first-order chi connectivity index (χ1) is 9.86. The first kappa shape index (κ1) is 15.5. The number of benzene rings is 1. The molecule has 1 aliphatic rings. The molecule has 2 unspecified atom stereocenters. The van der Waals surface area contributed by atoms with E-state index in [-0.39, 0.29) is 11.9 Å². The van der Waals surface area contributed by atoms with Crippen LogP contribution in [-0.4, -0.2) is 23.0 Å². The van der Waals surface area contributed by atoms with Gasteiger partial charge in [-0.3, -0.25) is 9.59 Å². The number of nitrogens with one attached hydrogen (secondary N) is 1. The summed E-state index contributed by atoms with van der Waals surface area (Å²) in [4.78, 5) is 24.1. The Kier molecular flexibility index (Phi) is 4.35. The second kappa shape index (κ2) is 5.88. The van der Waals surface area contributed by atoms with Crippen LogP contribution in [-0.2, 0) is 4.79 Å². The largest absolute Gasteiger partial charge is 0.481 e. The average molecular weight is 289 g/mol. The van der Waals surface area contributed by atoms with E-state index in [2.05, 4.69) is 5.32 Å². The van der Waals surface area contributed by atoms with Crippen LogP contribution in [0.15, 0.2) is 18.2 Å². The molecule has 2 N–H and O–H groups in total. The zero-order valence-corrected chi connectivity index (χ0v) is 12.9. The van der Waals surface area contributed by atoms with Crippen molar-refractivity contribution >= 4 is 11.9 Å². The molecule has 0 aliphatic heterocycles. The summed E-state index contributed by atoms with van der Waals surface area (Å²) in [5, 5.41) is 12.5. The van der Waals surface area contributed by atoms with Gasteiger partial charge in [0.15, 0.2) is 0 Å². The molecule has 0 bridgehead atoms. The van der Waals surface area contributed by atoms with E-state index in [1.54, 1.807) is 13.0 Å². The lowest BCUT2D eigenvalue weighted by Crippen LogP contribution is -2.52. The maximum absolute atomic E-state index is 12.5. The third-order valence-electron chi connectivity index (χ3n) is 4.85. The van der Waals surface area contributed by atoms with Crippen LogP contribution < -0.4 is 5.32 Å². The van der Waals surface area contributed by atoms with Gasteiger partial charge < -0.3 is 10.4 Å². The number of carboxylic acids is 1. The summed E-state index contributed by atoms with van der Waals surface area (Å²) in [6.45, 7) is 5.62. The Morgan fingerprint density at radius 1 is 1.29 bits per heavy atom. The Morgan fingerprint density at radius 2 is 2.00 bits per heavy atom. The highest BCUT2D eigenvalue weighted by Gasteiger charge is 2.43. The van der Waals surface area contributed by atoms with E-state index in [9.17, 15) is 14.7 Å². The molecule has 0 saturated heterocycles. The summed E-state index contributed by atoms with van der Waals surface area (Å²) < 4.78 is 0. The van der Waals surface area contributed by atoms with Gasteiger partial charge >= 0.3 is 5.97 Å². The molecule has 1 aliphatic carbocycles. The molecule has 0 aromatic heterocycles. The van der Waals surface area contributed by atoms with Crippen molar-refractivity contribution in [3.63, 3.8) is 0 Å². The minimum absolute atomic E-state index is 0.171. The van der Waals surface area contributed by atoms with Crippen molar-refractivity contribution in [1.29, 1.82) is 0 Å². The molecule has 1 amide bonds. The van der Waals surface area contributed by atoms with Crippen LogP contribution >= 0.6 is 0 Å². The Balaban J connectivity index is 2.21. The highest BCUT2D eigenvalue weighted by molar-refractivity contribution is 5.96. The Labute approximate surface area is 125 Å². The van der Waals surface area contributed by atoms with Crippen molar-refractivity contribution in [3.05, 3.63) is 34.9 Å². The molecular weight excluding hydrogens is 266 g/mol. The van der Waals surface area contributed by atoms with Gasteiger partial charge in [-0.15, -0.1) is 0 Å². The molecule has 0 spiro atoms. The molecule has 1 saturated carbocycles. The predicted octanol–water partition coefficient (Wildman–Crippen LogP) is 3.07. The molecule has 21 heavy (non-hydrogen) atoms. The molecule has 4 heteroatoms. The third-order valence-corrected chi connectivity index (χ3v) is 4.85. The quantitative estimate of drug-likeness (QED) is 0.898. The lowest BCUT2D eigenvalue weighted by molar-refractivity contribution is -0.151. The van der Waals surface area contributed by atoms with Crippen LogP contribution in [0.1, 0.15) is 54.1 Å². The van der Waals surface area contributed by atoms with Crippen LogP contribution in [0.3, 0.4) is 0 Å².